The number of carbonyl (C=O) groups excluding carboxylic acids is 2. The van der Waals surface area contributed by atoms with Crippen molar-refractivity contribution in [2.24, 2.45) is 7.05 Å². The fourth-order valence-corrected chi connectivity index (χ4v) is 6.35. The average molecular weight is 837 g/mol. The van der Waals surface area contributed by atoms with Crippen LogP contribution >= 0.6 is 50.5 Å². The normalized spacial score (nSPS) is 11.0. The van der Waals surface area contributed by atoms with Crippen molar-refractivity contribution in [3.8, 4) is 22.3 Å². The van der Waals surface area contributed by atoms with E-state index in [4.69, 9.17) is 23.2 Å². The Bertz CT molecular complexity index is 2250. The van der Waals surface area contributed by atoms with Crippen molar-refractivity contribution < 1.29 is 31.5 Å². The molecule has 7 nitrogen and oxygen atoms in total. The van der Waals surface area contributed by atoms with Gasteiger partial charge in [0.25, 0.3) is 24.7 Å². The summed E-state index contributed by atoms with van der Waals surface area (Å²) in [5, 5.41) is 9.87. The van der Waals surface area contributed by atoms with E-state index in [1.54, 1.807) is 25.1 Å². The molecule has 268 valence electrons. The molecule has 0 saturated carbocycles. The lowest BCUT2D eigenvalue weighted by molar-refractivity contribution is 0.100. The summed E-state index contributed by atoms with van der Waals surface area (Å²) in [5.41, 5.74) is 1.96. The molecule has 2 heterocycles. The van der Waals surface area contributed by atoms with Gasteiger partial charge in [-0.2, -0.15) is 5.10 Å². The number of halogens is 8. The molecule has 0 aliphatic carbocycles. The molecule has 16 heteroatoms. The van der Waals surface area contributed by atoms with Gasteiger partial charge >= 0.3 is 0 Å². The Morgan fingerprint density at radius 1 is 0.788 bits per heavy atom. The predicted molar refractivity (Wildman–Crippen MR) is 197 cm³/mol. The first-order chi connectivity index (χ1) is 24.7. The largest absolute Gasteiger partial charge is 0.321 e. The average Bonchev–Trinajstić information content (AvgIpc) is 3.71. The van der Waals surface area contributed by atoms with Crippen molar-refractivity contribution in [1.82, 2.24) is 14.8 Å². The van der Waals surface area contributed by atoms with Crippen LogP contribution < -0.4 is 10.6 Å². The molecule has 6 aromatic rings. The standard InChI is InChI=1S/C18H13BrF2N2OS.C18H12Cl2F3N3O/c1-10-22-15(17(20)21)16(25-10)18(24)23-14-5-3-2-4-13(14)11-6-8-12(19)9-7-11;1-26-8-12(16(25-26)17(22)23)18(27)24-15-5-3-10(21)7-11(15)9-2-4-13(19)14(20)6-9/h2-9,17H,1H3,(H,23,24);2-8,17H,1H3,(H,24,27). The Kier molecular flexibility index (Phi) is 12.5. The van der Waals surface area contributed by atoms with Gasteiger partial charge in [0.1, 0.15) is 22.1 Å². The number of alkyl halides is 4. The van der Waals surface area contributed by atoms with Crippen LogP contribution in [0.15, 0.2) is 95.6 Å². The second kappa shape index (κ2) is 16.8. The third kappa shape index (κ3) is 9.23. The lowest BCUT2D eigenvalue weighted by Gasteiger charge is -2.12. The molecule has 0 atom stereocenters. The highest BCUT2D eigenvalue weighted by atomic mass is 79.9. The number of rotatable bonds is 8. The SMILES string of the molecule is Cc1nc(C(F)F)c(C(=O)Nc2ccccc2-c2ccc(Br)cc2)s1.Cn1cc(C(=O)Nc2ccc(F)cc2-c2ccc(Cl)c(Cl)c2)c(C(F)F)n1. The summed E-state index contributed by atoms with van der Waals surface area (Å²) in [4.78, 5) is 28.7. The van der Waals surface area contributed by atoms with Crippen LogP contribution in [0.2, 0.25) is 10.0 Å². The number of nitrogens with one attached hydrogen (secondary N) is 2. The summed E-state index contributed by atoms with van der Waals surface area (Å²) in [5.74, 6) is -1.90. The van der Waals surface area contributed by atoms with Crippen molar-refractivity contribution in [2.75, 3.05) is 10.6 Å². The number of amides is 2. The molecule has 4 aromatic carbocycles. The molecule has 0 spiro atoms. The second-order valence-electron chi connectivity index (χ2n) is 10.9. The van der Waals surface area contributed by atoms with Gasteiger partial charge in [-0.25, -0.2) is 26.9 Å². The first-order valence-electron chi connectivity index (χ1n) is 15.0. The van der Waals surface area contributed by atoms with E-state index < -0.39 is 41.9 Å². The van der Waals surface area contributed by atoms with Crippen LogP contribution in [0.3, 0.4) is 0 Å². The van der Waals surface area contributed by atoms with Gasteiger partial charge in [-0.1, -0.05) is 75.5 Å². The molecule has 0 saturated heterocycles. The molecular weight excluding hydrogens is 812 g/mol. The molecule has 6 rings (SSSR count). The number of aryl methyl sites for hydroxylation is 2. The third-order valence-corrected chi connectivity index (χ3v) is 9.53. The molecule has 0 fully saturated rings. The number of para-hydroxylation sites is 1. The maximum absolute atomic E-state index is 13.8. The Morgan fingerprint density at radius 2 is 1.42 bits per heavy atom. The van der Waals surface area contributed by atoms with Gasteiger partial charge in [0, 0.05) is 40.2 Å². The molecule has 2 N–H and O–H groups in total. The monoisotopic (exact) mass is 835 g/mol. The molecule has 2 amide bonds. The van der Waals surface area contributed by atoms with Crippen molar-refractivity contribution in [3.05, 3.63) is 138 Å². The second-order valence-corrected chi connectivity index (χ2v) is 13.9. The fourth-order valence-electron chi connectivity index (χ4n) is 4.97. The zero-order chi connectivity index (χ0) is 37.7. The molecule has 0 aliphatic rings. The zero-order valence-electron chi connectivity index (χ0n) is 26.9. The van der Waals surface area contributed by atoms with E-state index in [0.717, 1.165) is 37.7 Å². The van der Waals surface area contributed by atoms with Gasteiger partial charge in [-0.05, 0) is 66.6 Å². The Morgan fingerprint density at radius 3 is 2.10 bits per heavy atom. The Balaban J connectivity index is 0.000000202. The number of carbonyl (C=O) groups is 2. The Hall–Kier alpha value is -4.63. The van der Waals surface area contributed by atoms with Crippen molar-refractivity contribution >= 4 is 73.7 Å². The smallest absolute Gasteiger partial charge is 0.282 e. The van der Waals surface area contributed by atoms with Crippen LogP contribution in [-0.4, -0.2) is 26.6 Å². The highest BCUT2D eigenvalue weighted by molar-refractivity contribution is 9.10. The van der Waals surface area contributed by atoms with Gasteiger partial charge < -0.3 is 10.6 Å². The molecule has 0 radical (unpaired) electrons. The summed E-state index contributed by atoms with van der Waals surface area (Å²) in [6, 6.07) is 23.2. The van der Waals surface area contributed by atoms with E-state index in [9.17, 15) is 31.5 Å². The van der Waals surface area contributed by atoms with E-state index in [1.165, 1.54) is 37.5 Å². The fraction of sp³-hybridized carbons (Fsp3) is 0.111. The van der Waals surface area contributed by atoms with Gasteiger partial charge in [-0.3, -0.25) is 14.3 Å². The molecule has 0 unspecified atom stereocenters. The summed E-state index contributed by atoms with van der Waals surface area (Å²) in [7, 11) is 1.43. The van der Waals surface area contributed by atoms with Crippen molar-refractivity contribution in [1.29, 1.82) is 0 Å². The molecule has 2 aromatic heterocycles. The maximum Gasteiger partial charge on any atom is 0.282 e. The lowest BCUT2D eigenvalue weighted by atomic mass is 10.0. The Labute approximate surface area is 316 Å². The van der Waals surface area contributed by atoms with Crippen LogP contribution in [0, 0.1) is 12.7 Å². The van der Waals surface area contributed by atoms with E-state index >= 15 is 0 Å². The minimum Gasteiger partial charge on any atom is -0.321 e. The molecule has 52 heavy (non-hydrogen) atoms. The van der Waals surface area contributed by atoms with Crippen molar-refractivity contribution in [2.45, 2.75) is 19.8 Å². The highest BCUT2D eigenvalue weighted by Gasteiger charge is 2.25. The van der Waals surface area contributed by atoms with E-state index in [0.29, 0.717) is 26.8 Å². The zero-order valence-corrected chi connectivity index (χ0v) is 30.8. The highest BCUT2D eigenvalue weighted by Crippen LogP contribution is 2.35. The van der Waals surface area contributed by atoms with Crippen LogP contribution in [0.25, 0.3) is 22.3 Å². The van der Waals surface area contributed by atoms with E-state index in [2.05, 4.69) is 36.6 Å². The summed E-state index contributed by atoms with van der Waals surface area (Å²) < 4.78 is 68.2. The van der Waals surface area contributed by atoms with Gasteiger partial charge in [-0.15, -0.1) is 11.3 Å². The van der Waals surface area contributed by atoms with E-state index in [-0.39, 0.29) is 21.2 Å². The number of nitrogens with zero attached hydrogens (tertiary/aromatic N) is 3. The number of aromatic nitrogens is 3. The molecule has 0 bridgehead atoms. The van der Waals surface area contributed by atoms with Gasteiger partial charge in [0.05, 0.1) is 20.6 Å². The predicted octanol–water partition coefficient (Wildman–Crippen LogP) is 11.8. The van der Waals surface area contributed by atoms with E-state index in [1.807, 2.05) is 36.4 Å². The number of hydrogen-bond acceptors (Lipinski definition) is 5. The number of anilines is 2. The van der Waals surface area contributed by atoms with Crippen LogP contribution in [0.5, 0.6) is 0 Å². The van der Waals surface area contributed by atoms with Crippen molar-refractivity contribution in [3.63, 3.8) is 0 Å². The van der Waals surface area contributed by atoms with Gasteiger partial charge in [0.2, 0.25) is 0 Å². The molecule has 0 aliphatic heterocycles. The number of benzene rings is 4. The third-order valence-electron chi connectivity index (χ3n) is 7.27. The topological polar surface area (TPSA) is 88.9 Å². The first kappa shape index (κ1) is 38.6. The van der Waals surface area contributed by atoms with Gasteiger partial charge in [0.15, 0.2) is 0 Å². The van der Waals surface area contributed by atoms with Crippen LogP contribution in [0.4, 0.5) is 33.3 Å². The van der Waals surface area contributed by atoms with Crippen LogP contribution in [-0.2, 0) is 7.05 Å². The lowest BCUT2D eigenvalue weighted by Crippen LogP contribution is -2.14. The quantitative estimate of drug-likeness (QED) is 0.149. The number of hydrogen-bond donors (Lipinski definition) is 2. The minimum absolute atomic E-state index is 0.0573. The van der Waals surface area contributed by atoms with Crippen LogP contribution in [0.1, 0.15) is 49.3 Å². The first-order valence-corrected chi connectivity index (χ1v) is 17.4. The maximum atomic E-state index is 13.8. The summed E-state index contributed by atoms with van der Waals surface area (Å²) >= 11 is 16.3. The minimum atomic E-state index is -2.91. The molecular formula is C36H25BrCl2F5N5O2S. The number of thiazole rings is 1. The summed E-state index contributed by atoms with van der Waals surface area (Å²) in [6.07, 6.45) is -4.50. The summed E-state index contributed by atoms with van der Waals surface area (Å²) in [6.45, 7) is 1.60.